The van der Waals surface area contributed by atoms with E-state index in [2.05, 4.69) is 42.2 Å². The number of fused-ring (bicyclic) bond motifs is 1. The lowest BCUT2D eigenvalue weighted by molar-refractivity contribution is 0.0595. The Balaban J connectivity index is 0.000000403. The molecule has 4 aromatic carbocycles. The summed E-state index contributed by atoms with van der Waals surface area (Å²) >= 11 is 13.1. The van der Waals surface area contributed by atoms with Crippen LogP contribution in [0.15, 0.2) is 158 Å². The maximum Gasteiger partial charge on any atom is 0.360 e. The predicted molar refractivity (Wildman–Crippen MR) is 283 cm³/mol. The fourth-order valence-corrected chi connectivity index (χ4v) is 5.91. The highest BCUT2D eigenvalue weighted by atomic mass is 35.5. The second-order valence-corrected chi connectivity index (χ2v) is 15.2. The zero-order chi connectivity index (χ0) is 49.9. The fraction of sp³-hybridized carbons (Fsp3) is 0.163. The number of phenolic OH excluding ortho intramolecular Hbond substituents is 2. The molecule has 368 valence electrons. The molecule has 8 aromatic rings. The number of rotatable bonds is 9. The number of carbonyl (C=O) groups is 1. The Morgan fingerprint density at radius 2 is 1.32 bits per heavy atom. The first-order valence-electron chi connectivity index (χ1n) is 20.7. The highest BCUT2D eigenvalue weighted by molar-refractivity contribution is 7.09. The molecule has 0 unspecified atom stereocenters. The number of benzene rings is 4. The smallest absolute Gasteiger partial charge is 0.360 e. The van der Waals surface area contributed by atoms with E-state index in [9.17, 15) is 4.79 Å². The van der Waals surface area contributed by atoms with Crippen molar-refractivity contribution in [3.63, 3.8) is 0 Å². The molecule has 0 atom stereocenters. The number of aromatic nitrogens is 4. The van der Waals surface area contributed by atoms with Gasteiger partial charge in [-0.2, -0.15) is 0 Å². The second-order valence-electron chi connectivity index (χ2n) is 13.4. The summed E-state index contributed by atoms with van der Waals surface area (Å²) in [4.78, 5) is 27.6. The van der Waals surface area contributed by atoms with Crippen molar-refractivity contribution in [1.82, 2.24) is 19.9 Å². The number of thiophene rings is 1. The van der Waals surface area contributed by atoms with E-state index in [1.165, 1.54) is 36.5 Å². The van der Waals surface area contributed by atoms with Crippen LogP contribution >= 0.6 is 46.9 Å². The van der Waals surface area contributed by atoms with Crippen molar-refractivity contribution in [2.24, 2.45) is 28.7 Å². The van der Waals surface area contributed by atoms with Gasteiger partial charge >= 0.3 is 5.97 Å². The molecule has 69 heavy (non-hydrogen) atoms. The van der Waals surface area contributed by atoms with Crippen molar-refractivity contribution in [1.29, 1.82) is 0 Å². The number of pyridine rings is 2. The van der Waals surface area contributed by atoms with Crippen LogP contribution in [0.25, 0.3) is 10.9 Å². The Hall–Kier alpha value is -6.64. The van der Waals surface area contributed by atoms with Crippen LogP contribution in [0.4, 0.5) is 11.5 Å². The summed E-state index contributed by atoms with van der Waals surface area (Å²) in [6.07, 6.45) is 8.98. The summed E-state index contributed by atoms with van der Waals surface area (Å²) in [6.45, 7) is 3.36. The van der Waals surface area contributed by atoms with Crippen LogP contribution in [0, 0.1) is 0 Å². The Kier molecular flexibility index (Phi) is 31.9. The molecule has 20 heteroatoms. The number of nitrogens with two attached hydrogens (primary N) is 7. The highest BCUT2D eigenvalue weighted by Gasteiger charge is 2.10. The van der Waals surface area contributed by atoms with Crippen molar-refractivity contribution in [3.8, 4) is 17.2 Å². The number of hydrogen-bond donors (Lipinski definition) is 9. The summed E-state index contributed by atoms with van der Waals surface area (Å²) < 4.78 is 9.63. The minimum atomic E-state index is -0.574. The van der Waals surface area contributed by atoms with E-state index in [4.69, 9.17) is 78.3 Å². The van der Waals surface area contributed by atoms with Gasteiger partial charge in [-0.05, 0) is 95.7 Å². The summed E-state index contributed by atoms with van der Waals surface area (Å²) in [6, 6.07) is 37.3. The first kappa shape index (κ1) is 60.4. The molecular formula is C49H60Cl3N11O5S. The van der Waals surface area contributed by atoms with Crippen molar-refractivity contribution in [2.75, 3.05) is 38.3 Å². The third-order valence-electron chi connectivity index (χ3n) is 8.27. The van der Waals surface area contributed by atoms with Crippen LogP contribution in [0.1, 0.15) is 32.1 Å². The lowest BCUT2D eigenvalue weighted by Gasteiger charge is -2.01. The molecule has 4 aromatic heterocycles. The number of esters is 1. The molecule has 8 rings (SSSR count). The van der Waals surface area contributed by atoms with Gasteiger partial charge in [0.2, 0.25) is 0 Å². The van der Waals surface area contributed by atoms with Crippen molar-refractivity contribution in [3.05, 3.63) is 195 Å². The van der Waals surface area contributed by atoms with Crippen LogP contribution in [-0.4, -0.2) is 62.9 Å². The summed E-state index contributed by atoms with van der Waals surface area (Å²) in [5, 5.41) is 22.1. The summed E-state index contributed by atoms with van der Waals surface area (Å²) in [5.74, 6) is 0.156. The van der Waals surface area contributed by atoms with Gasteiger partial charge in [-0.3, -0.25) is 9.97 Å². The van der Waals surface area contributed by atoms with E-state index >= 15 is 0 Å². The number of aromatic hydroxyl groups is 2. The molecule has 16 N–H and O–H groups in total. The number of phenols is 2. The number of para-hydroxylation sites is 2. The summed E-state index contributed by atoms with van der Waals surface area (Å²) in [7, 11) is 1.26. The van der Waals surface area contributed by atoms with Gasteiger partial charge in [0.05, 0.1) is 34.6 Å². The molecule has 0 saturated carbocycles. The van der Waals surface area contributed by atoms with E-state index in [0.29, 0.717) is 48.5 Å². The Morgan fingerprint density at radius 1 is 0.652 bits per heavy atom. The maximum atomic E-state index is 10.8. The van der Waals surface area contributed by atoms with Gasteiger partial charge in [0.25, 0.3) is 0 Å². The third-order valence-corrected chi connectivity index (χ3v) is 9.95. The number of hydrogen-bond acceptors (Lipinski definition) is 17. The Labute approximate surface area is 422 Å². The average Bonchev–Trinajstić information content (AvgIpc) is 3.90. The Morgan fingerprint density at radius 3 is 1.88 bits per heavy atom. The number of anilines is 2. The number of ether oxygens (including phenoxy) is 2. The quantitative estimate of drug-likeness (QED) is 0.0490. The molecular weight excluding hydrogens is 961 g/mol. The Bertz CT molecular complexity index is 2540. The fourth-order valence-electron chi connectivity index (χ4n) is 4.86. The zero-order valence-electron chi connectivity index (χ0n) is 38.0. The van der Waals surface area contributed by atoms with E-state index < -0.39 is 5.97 Å². The van der Waals surface area contributed by atoms with Crippen LogP contribution in [-0.2, 0) is 30.8 Å². The molecule has 0 fully saturated rings. The van der Waals surface area contributed by atoms with Gasteiger partial charge in [-0.25, -0.2) is 14.8 Å². The monoisotopic (exact) mass is 1020 g/mol. The number of carbonyl (C=O) groups excluding carboxylic acids is 1. The average molecular weight is 1020 g/mol. The topological polar surface area (TPSA) is 310 Å². The molecule has 0 amide bonds. The van der Waals surface area contributed by atoms with Crippen molar-refractivity contribution in [2.45, 2.75) is 26.1 Å². The maximum absolute atomic E-state index is 10.8. The van der Waals surface area contributed by atoms with Crippen molar-refractivity contribution < 1.29 is 24.5 Å². The van der Waals surface area contributed by atoms with E-state index in [1.807, 2.05) is 78.9 Å². The second kappa shape index (κ2) is 36.4. The van der Waals surface area contributed by atoms with Crippen LogP contribution < -0.4 is 44.9 Å². The van der Waals surface area contributed by atoms with Gasteiger partial charge < -0.3 is 59.8 Å². The minimum absolute atomic E-state index is 0. The van der Waals surface area contributed by atoms with E-state index in [0.717, 1.165) is 46.3 Å². The SMILES string of the molecule is COC(=O)c1nccnc1N.Cl.NCCOc1ccccc1.NCCc1cccs1.NCc1ccc(Cl)c(Cl)c1.NCc1ccc(O)c(O)c1.NCc1cccnc1.Nc1cnc2ccccc2c1. The van der Waals surface area contributed by atoms with E-state index in [1.54, 1.807) is 48.1 Å². The molecule has 0 aliphatic carbocycles. The van der Waals surface area contributed by atoms with Gasteiger partial charge in [0, 0.05) is 61.2 Å². The molecule has 0 radical (unpaired) electrons. The normalized spacial score (nSPS) is 9.45. The van der Waals surface area contributed by atoms with E-state index in [-0.39, 0.29) is 35.4 Å². The summed E-state index contributed by atoms with van der Waals surface area (Å²) in [5.41, 5.74) is 42.0. The number of nitrogen functional groups attached to an aromatic ring is 2. The first-order chi connectivity index (χ1) is 32.9. The van der Waals surface area contributed by atoms with Gasteiger partial charge in [-0.15, -0.1) is 23.7 Å². The lowest BCUT2D eigenvalue weighted by atomic mass is 10.2. The van der Waals surface area contributed by atoms with Gasteiger partial charge in [0.15, 0.2) is 23.0 Å². The van der Waals surface area contributed by atoms with Gasteiger partial charge in [-0.1, -0.05) is 83.9 Å². The molecule has 16 nitrogen and oxygen atoms in total. The minimum Gasteiger partial charge on any atom is -0.504 e. The van der Waals surface area contributed by atoms with Gasteiger partial charge in [0.1, 0.15) is 12.4 Å². The third kappa shape index (κ3) is 25.3. The number of nitrogens with zero attached hydrogens (tertiary/aromatic N) is 4. The van der Waals surface area contributed by atoms with Crippen LogP contribution in [0.2, 0.25) is 10.0 Å². The first-order valence-corrected chi connectivity index (χ1v) is 22.3. The predicted octanol–water partition coefficient (Wildman–Crippen LogP) is 7.91. The lowest BCUT2D eigenvalue weighted by Crippen LogP contribution is -2.10. The molecule has 0 spiro atoms. The molecule has 0 aliphatic heterocycles. The standard InChI is InChI=1S/C9H8N2.C8H11NO.C7H7Cl2N.C7H9NO2.C6H7N3O2.C6H8N2.C6H9NS.ClH/c10-8-5-7-3-1-2-4-9(7)11-6-8;9-6-7-10-8-4-2-1-3-5-8;8-6-2-1-5(4-10)3-7(6)9;8-4-5-1-2-6(9)7(10)3-5;1-11-6(10)4-5(7)9-3-2-8-4;7-4-6-2-1-3-8-5-6;7-4-3-6-2-1-5-8-6;/h1-6H,10H2;1-5H,6-7,9H2;1-3H,4,10H2;1-3,9-10H,4,8H2;2-3H,1H3,(H2,7,9);1-3,5H,4,7H2;1-2,5H,3-4,7H2;1H. The number of methoxy groups -OCH3 is 1. The van der Waals surface area contributed by atoms with Crippen LogP contribution in [0.5, 0.6) is 17.2 Å². The van der Waals surface area contributed by atoms with Crippen LogP contribution in [0.3, 0.4) is 0 Å². The highest BCUT2D eigenvalue weighted by Crippen LogP contribution is 2.24. The largest absolute Gasteiger partial charge is 0.504 e. The number of halogens is 3. The van der Waals surface area contributed by atoms with Crippen molar-refractivity contribution >= 4 is 75.3 Å². The molecule has 4 heterocycles. The molecule has 0 bridgehead atoms. The zero-order valence-corrected chi connectivity index (χ0v) is 41.1. The molecule has 0 saturated heterocycles. The molecule has 0 aliphatic rings.